The molecule has 1 aromatic heterocycles. The van der Waals surface area contributed by atoms with Crippen molar-refractivity contribution >= 4 is 22.5 Å². The molecule has 0 unspecified atom stereocenters. The Hall–Kier alpha value is -1.19. The van der Waals surface area contributed by atoms with Gasteiger partial charge in [0.2, 0.25) is 0 Å². The molecule has 0 atom stereocenters. The summed E-state index contributed by atoms with van der Waals surface area (Å²) in [5.41, 5.74) is 7.58. The average molecular weight is 225 g/mol. The van der Waals surface area contributed by atoms with E-state index in [1.54, 1.807) is 7.11 Å². The summed E-state index contributed by atoms with van der Waals surface area (Å²) in [5.74, 6) is 0.833. The number of hydrogen-bond acceptors (Lipinski definition) is 2. The molecule has 0 fully saturated rings. The quantitative estimate of drug-likeness (QED) is 0.841. The first-order valence-electron chi connectivity index (χ1n) is 4.81. The van der Waals surface area contributed by atoms with Crippen LogP contribution >= 0.6 is 11.6 Å². The van der Waals surface area contributed by atoms with Crippen LogP contribution in [0, 0.1) is 0 Å². The molecule has 0 amide bonds. The maximum absolute atomic E-state index is 6.11. The molecule has 2 aromatic rings. The normalized spacial score (nSPS) is 10.9. The van der Waals surface area contributed by atoms with E-state index in [9.17, 15) is 0 Å². The third-order valence-electron chi connectivity index (χ3n) is 2.45. The molecule has 4 heteroatoms. The maximum atomic E-state index is 6.11. The molecule has 3 N–H and O–H groups in total. The molecule has 0 saturated carbocycles. The van der Waals surface area contributed by atoms with E-state index in [2.05, 4.69) is 4.98 Å². The molecule has 80 valence electrons. The highest BCUT2D eigenvalue weighted by Gasteiger charge is 2.12. The van der Waals surface area contributed by atoms with E-state index < -0.39 is 0 Å². The number of hydrogen-bond donors (Lipinski definition) is 2. The highest BCUT2D eigenvalue weighted by molar-refractivity contribution is 6.32. The molecule has 3 nitrogen and oxygen atoms in total. The largest absolute Gasteiger partial charge is 0.496 e. The van der Waals surface area contributed by atoms with Crippen molar-refractivity contribution in [2.24, 2.45) is 5.73 Å². The van der Waals surface area contributed by atoms with Gasteiger partial charge in [0, 0.05) is 10.9 Å². The topological polar surface area (TPSA) is 51.0 Å². The molecule has 2 rings (SSSR count). The van der Waals surface area contributed by atoms with Gasteiger partial charge < -0.3 is 15.5 Å². The predicted molar refractivity (Wildman–Crippen MR) is 62.6 cm³/mol. The number of fused-ring (bicyclic) bond motifs is 1. The minimum atomic E-state index is 0.574. The molecule has 15 heavy (non-hydrogen) atoms. The molecule has 0 aliphatic rings. The number of aromatic amines is 1. The van der Waals surface area contributed by atoms with E-state index >= 15 is 0 Å². The Labute approximate surface area is 93.2 Å². The lowest BCUT2D eigenvalue weighted by molar-refractivity contribution is 0.419. The van der Waals surface area contributed by atoms with Gasteiger partial charge in [0.25, 0.3) is 0 Å². The molecule has 0 aliphatic heterocycles. The summed E-state index contributed by atoms with van der Waals surface area (Å²) in [5, 5.41) is 1.69. The summed E-state index contributed by atoms with van der Waals surface area (Å²) in [7, 11) is 1.65. The molecule has 1 heterocycles. The molecule has 0 spiro atoms. The smallest absolute Gasteiger partial charge is 0.128 e. The van der Waals surface area contributed by atoms with Gasteiger partial charge in [-0.1, -0.05) is 17.7 Å². The van der Waals surface area contributed by atoms with Crippen molar-refractivity contribution in [3.05, 3.63) is 28.9 Å². The van der Waals surface area contributed by atoms with E-state index in [1.807, 2.05) is 18.2 Å². The van der Waals surface area contributed by atoms with Crippen LogP contribution in [0.3, 0.4) is 0 Å². The number of benzene rings is 1. The van der Waals surface area contributed by atoms with Crippen molar-refractivity contribution in [1.29, 1.82) is 0 Å². The van der Waals surface area contributed by atoms with Crippen LogP contribution in [-0.4, -0.2) is 18.6 Å². The summed E-state index contributed by atoms with van der Waals surface area (Å²) in [4.78, 5) is 3.12. The van der Waals surface area contributed by atoms with Crippen LogP contribution in [0.1, 0.15) is 5.56 Å². The molecule has 1 aromatic carbocycles. The van der Waals surface area contributed by atoms with Crippen LogP contribution in [-0.2, 0) is 6.42 Å². The number of halogens is 1. The van der Waals surface area contributed by atoms with Crippen molar-refractivity contribution in [3.8, 4) is 5.75 Å². The number of ether oxygens (including phenoxy) is 1. The second-order valence-corrected chi connectivity index (χ2v) is 3.72. The zero-order chi connectivity index (χ0) is 10.8. The van der Waals surface area contributed by atoms with Crippen LogP contribution in [0.25, 0.3) is 10.9 Å². The Morgan fingerprint density at radius 2 is 2.27 bits per heavy atom. The monoisotopic (exact) mass is 224 g/mol. The van der Waals surface area contributed by atoms with Crippen LogP contribution in [0.4, 0.5) is 0 Å². The minimum absolute atomic E-state index is 0.574. The van der Waals surface area contributed by atoms with Gasteiger partial charge in [-0.15, -0.1) is 0 Å². The second kappa shape index (κ2) is 4.13. The first-order chi connectivity index (χ1) is 7.27. The zero-order valence-corrected chi connectivity index (χ0v) is 9.27. The van der Waals surface area contributed by atoms with E-state index in [0.29, 0.717) is 11.7 Å². The SMILES string of the molecule is COc1cccc2[nH]c(Cl)c(CCN)c12. The Morgan fingerprint density at radius 1 is 1.47 bits per heavy atom. The Morgan fingerprint density at radius 3 is 2.93 bits per heavy atom. The van der Waals surface area contributed by atoms with Crippen LogP contribution in [0.15, 0.2) is 18.2 Å². The van der Waals surface area contributed by atoms with E-state index in [-0.39, 0.29) is 0 Å². The predicted octanol–water partition coefficient (Wildman–Crippen LogP) is 2.33. The van der Waals surface area contributed by atoms with Gasteiger partial charge in [0.1, 0.15) is 10.9 Å². The maximum Gasteiger partial charge on any atom is 0.128 e. The van der Waals surface area contributed by atoms with Crippen LogP contribution in [0.2, 0.25) is 5.15 Å². The Balaban J connectivity index is 2.71. The number of aromatic nitrogens is 1. The number of methoxy groups -OCH3 is 1. The standard InChI is InChI=1S/C11H13ClN2O/c1-15-9-4-2-3-8-10(9)7(5-6-13)11(12)14-8/h2-4,14H,5-6,13H2,1H3. The van der Waals surface area contributed by atoms with Crippen molar-refractivity contribution in [1.82, 2.24) is 4.98 Å². The van der Waals surface area contributed by atoms with Crippen molar-refractivity contribution < 1.29 is 4.74 Å². The van der Waals surface area contributed by atoms with Gasteiger partial charge in [-0.05, 0) is 25.1 Å². The van der Waals surface area contributed by atoms with Gasteiger partial charge in [-0.25, -0.2) is 0 Å². The molecule has 0 aliphatic carbocycles. The summed E-state index contributed by atoms with van der Waals surface area (Å²) in [6.45, 7) is 0.574. The third-order valence-corrected chi connectivity index (χ3v) is 2.77. The molecular formula is C11H13ClN2O. The lowest BCUT2D eigenvalue weighted by Gasteiger charge is -2.03. The minimum Gasteiger partial charge on any atom is -0.496 e. The van der Waals surface area contributed by atoms with E-state index in [4.69, 9.17) is 22.1 Å². The summed E-state index contributed by atoms with van der Waals surface area (Å²) in [6.07, 6.45) is 0.749. The van der Waals surface area contributed by atoms with Crippen LogP contribution in [0.5, 0.6) is 5.75 Å². The van der Waals surface area contributed by atoms with Crippen molar-refractivity contribution in [3.63, 3.8) is 0 Å². The van der Waals surface area contributed by atoms with E-state index in [0.717, 1.165) is 28.6 Å². The number of rotatable bonds is 3. The van der Waals surface area contributed by atoms with Gasteiger partial charge in [-0.3, -0.25) is 0 Å². The molecule has 0 saturated heterocycles. The fourth-order valence-electron chi connectivity index (χ4n) is 1.80. The number of nitrogens with one attached hydrogen (secondary N) is 1. The number of nitrogens with two attached hydrogens (primary N) is 1. The van der Waals surface area contributed by atoms with E-state index in [1.165, 1.54) is 0 Å². The lowest BCUT2D eigenvalue weighted by Crippen LogP contribution is -2.02. The van der Waals surface area contributed by atoms with Crippen molar-refractivity contribution in [2.45, 2.75) is 6.42 Å². The van der Waals surface area contributed by atoms with Gasteiger partial charge in [0.15, 0.2) is 0 Å². The Bertz CT molecular complexity index is 479. The fourth-order valence-corrected chi connectivity index (χ4v) is 2.09. The van der Waals surface area contributed by atoms with Gasteiger partial charge in [-0.2, -0.15) is 0 Å². The zero-order valence-electron chi connectivity index (χ0n) is 8.51. The Kier molecular flexibility index (Phi) is 2.84. The van der Waals surface area contributed by atoms with Crippen LogP contribution < -0.4 is 10.5 Å². The first kappa shape index (κ1) is 10.3. The molecule has 0 radical (unpaired) electrons. The summed E-state index contributed by atoms with van der Waals surface area (Å²) >= 11 is 6.11. The third kappa shape index (κ3) is 1.68. The van der Waals surface area contributed by atoms with Crippen molar-refractivity contribution in [2.75, 3.05) is 13.7 Å². The average Bonchev–Trinajstić information content (AvgIpc) is 2.56. The second-order valence-electron chi connectivity index (χ2n) is 3.34. The summed E-state index contributed by atoms with van der Waals surface area (Å²) in [6, 6.07) is 5.83. The number of H-pyrrole nitrogens is 1. The fraction of sp³-hybridized carbons (Fsp3) is 0.273. The first-order valence-corrected chi connectivity index (χ1v) is 5.19. The molecule has 0 bridgehead atoms. The highest BCUT2D eigenvalue weighted by Crippen LogP contribution is 2.33. The lowest BCUT2D eigenvalue weighted by atomic mass is 10.1. The molecular weight excluding hydrogens is 212 g/mol. The van der Waals surface area contributed by atoms with Gasteiger partial charge >= 0.3 is 0 Å². The van der Waals surface area contributed by atoms with Gasteiger partial charge in [0.05, 0.1) is 12.6 Å². The summed E-state index contributed by atoms with van der Waals surface area (Å²) < 4.78 is 5.31. The highest BCUT2D eigenvalue weighted by atomic mass is 35.5.